The van der Waals surface area contributed by atoms with Crippen LogP contribution < -0.4 is 10.6 Å². The van der Waals surface area contributed by atoms with Crippen molar-refractivity contribution in [3.8, 4) is 0 Å². The van der Waals surface area contributed by atoms with Gasteiger partial charge in [-0.3, -0.25) is 25.4 Å². The van der Waals surface area contributed by atoms with Gasteiger partial charge in [-0.1, -0.05) is 5.16 Å². The summed E-state index contributed by atoms with van der Waals surface area (Å²) in [5.74, 6) is -2.56. The van der Waals surface area contributed by atoms with Crippen LogP contribution in [0.5, 0.6) is 0 Å². The highest BCUT2D eigenvalue weighted by molar-refractivity contribution is 6.36. The first-order valence-electron chi connectivity index (χ1n) is 5.14. The number of carbonyl (C=O) groups excluding carboxylic acids is 4. The molecule has 1 saturated heterocycles. The highest BCUT2D eigenvalue weighted by atomic mass is 16.6. The maximum Gasteiger partial charge on any atom is 0.435 e. The number of nitrogens with one attached hydrogen (secondary N) is 2. The Morgan fingerprint density at radius 2 is 1.75 bits per heavy atom. The van der Waals surface area contributed by atoms with E-state index in [1.165, 1.54) is 0 Å². The molecule has 0 aliphatic carbocycles. The lowest BCUT2D eigenvalue weighted by Crippen LogP contribution is -2.76. The molecule has 0 radical (unpaired) electrons. The van der Waals surface area contributed by atoms with Gasteiger partial charge < -0.3 is 9.57 Å². The molecule has 11 nitrogen and oxygen atoms in total. The van der Waals surface area contributed by atoms with E-state index >= 15 is 0 Å². The average Bonchev–Trinajstić information content (AvgIpc) is 2.37. The molecule has 1 fully saturated rings. The third-order valence-electron chi connectivity index (χ3n) is 2.53. The molecule has 0 saturated carbocycles. The van der Waals surface area contributed by atoms with Crippen LogP contribution in [0.1, 0.15) is 6.92 Å². The van der Waals surface area contributed by atoms with Crippen LogP contribution in [-0.4, -0.2) is 59.7 Å². The summed E-state index contributed by atoms with van der Waals surface area (Å²) in [5, 5.41) is 16.4. The summed E-state index contributed by atoms with van der Waals surface area (Å²) < 4.78 is 4.24. The number of carbonyl (C=O) groups is 4. The molecular formula is C9H12N4O7. The van der Waals surface area contributed by atoms with E-state index in [4.69, 9.17) is 0 Å². The summed E-state index contributed by atoms with van der Waals surface area (Å²) >= 11 is 0. The number of hydroxylamine groups is 2. The Hall–Kier alpha value is -2.69. The predicted molar refractivity (Wildman–Crippen MR) is 60.6 cm³/mol. The van der Waals surface area contributed by atoms with Gasteiger partial charge in [0.2, 0.25) is 0 Å². The van der Waals surface area contributed by atoms with Crippen LogP contribution in [0.15, 0.2) is 5.16 Å². The minimum atomic E-state index is -2.61. The third-order valence-corrected chi connectivity index (χ3v) is 2.53. The summed E-state index contributed by atoms with van der Waals surface area (Å²) in [6.45, 7) is 1.14. The Kier molecular flexibility index (Phi) is 4.24. The Bertz CT molecular complexity index is 481. The van der Waals surface area contributed by atoms with Crippen molar-refractivity contribution in [3.05, 3.63) is 0 Å². The Labute approximate surface area is 112 Å². The standard InChI is InChI=1S/C9H12N4O7/c1-4(12-20-3)9(13(18)8(17)19-2)5(14)10-7(16)11-6(9)15/h18H,1-3H3,(H2,10,11,14,15,16)/b12-4+. The fourth-order valence-corrected chi connectivity index (χ4v) is 1.62. The molecule has 0 spiro atoms. The second-order valence-corrected chi connectivity index (χ2v) is 3.59. The number of oxime groups is 1. The number of imide groups is 2. The highest BCUT2D eigenvalue weighted by Crippen LogP contribution is 2.21. The van der Waals surface area contributed by atoms with Crippen LogP contribution in [0.3, 0.4) is 0 Å². The van der Waals surface area contributed by atoms with Gasteiger partial charge in [-0.25, -0.2) is 9.59 Å². The van der Waals surface area contributed by atoms with Gasteiger partial charge in [-0.05, 0) is 6.92 Å². The number of urea groups is 1. The first-order valence-corrected chi connectivity index (χ1v) is 5.14. The Balaban J connectivity index is 3.45. The summed E-state index contributed by atoms with van der Waals surface area (Å²) in [4.78, 5) is 50.8. The molecular weight excluding hydrogens is 276 g/mol. The normalized spacial score (nSPS) is 18.0. The molecule has 0 aromatic carbocycles. The average molecular weight is 288 g/mol. The number of methoxy groups -OCH3 is 1. The lowest BCUT2D eigenvalue weighted by atomic mass is 9.89. The zero-order valence-electron chi connectivity index (χ0n) is 10.8. The second kappa shape index (κ2) is 5.52. The van der Waals surface area contributed by atoms with Crippen LogP contribution in [-0.2, 0) is 19.2 Å². The van der Waals surface area contributed by atoms with Crippen molar-refractivity contribution in [2.45, 2.75) is 12.5 Å². The number of amides is 5. The number of hydrogen-bond donors (Lipinski definition) is 3. The molecule has 3 N–H and O–H groups in total. The van der Waals surface area contributed by atoms with E-state index in [0.717, 1.165) is 21.1 Å². The molecule has 0 aromatic rings. The predicted octanol–water partition coefficient (Wildman–Crippen LogP) is -1.43. The van der Waals surface area contributed by atoms with E-state index in [2.05, 4.69) is 14.7 Å². The zero-order chi connectivity index (χ0) is 15.5. The summed E-state index contributed by atoms with van der Waals surface area (Å²) in [6, 6.07) is -1.10. The molecule has 11 heteroatoms. The Morgan fingerprint density at radius 1 is 1.25 bits per heavy atom. The third kappa shape index (κ3) is 2.14. The largest absolute Gasteiger partial charge is 0.451 e. The number of hydrogen-bond acceptors (Lipinski definition) is 8. The summed E-state index contributed by atoms with van der Waals surface area (Å²) in [7, 11) is 2.05. The van der Waals surface area contributed by atoms with Gasteiger partial charge in [0.05, 0.1) is 7.11 Å². The lowest BCUT2D eigenvalue weighted by molar-refractivity contribution is -0.166. The maximum absolute atomic E-state index is 12.0. The first kappa shape index (κ1) is 15.4. The van der Waals surface area contributed by atoms with Gasteiger partial charge in [0.15, 0.2) is 0 Å². The molecule has 1 aliphatic rings. The molecule has 0 bridgehead atoms. The minimum Gasteiger partial charge on any atom is -0.451 e. The van der Waals surface area contributed by atoms with Gasteiger partial charge in [0.25, 0.3) is 17.4 Å². The van der Waals surface area contributed by atoms with Gasteiger partial charge in [0, 0.05) is 0 Å². The van der Waals surface area contributed by atoms with Crippen molar-refractivity contribution in [2.75, 3.05) is 14.2 Å². The number of nitrogens with zero attached hydrogens (tertiary/aromatic N) is 2. The number of ether oxygens (including phenoxy) is 1. The van der Waals surface area contributed by atoms with Crippen molar-refractivity contribution in [1.29, 1.82) is 0 Å². The fourth-order valence-electron chi connectivity index (χ4n) is 1.62. The van der Waals surface area contributed by atoms with Crippen molar-refractivity contribution in [1.82, 2.24) is 15.7 Å². The molecule has 0 aromatic heterocycles. The molecule has 110 valence electrons. The molecule has 1 rings (SSSR count). The van der Waals surface area contributed by atoms with Crippen LogP contribution in [0.2, 0.25) is 0 Å². The smallest absolute Gasteiger partial charge is 0.435 e. The van der Waals surface area contributed by atoms with E-state index in [1.807, 2.05) is 0 Å². The molecule has 1 aliphatic heterocycles. The summed E-state index contributed by atoms with van der Waals surface area (Å²) in [6.07, 6.45) is -1.41. The Morgan fingerprint density at radius 3 is 2.15 bits per heavy atom. The maximum atomic E-state index is 12.0. The monoisotopic (exact) mass is 288 g/mol. The van der Waals surface area contributed by atoms with Gasteiger partial charge in [-0.2, -0.15) is 5.06 Å². The number of barbiturate groups is 1. The van der Waals surface area contributed by atoms with Gasteiger partial charge >= 0.3 is 12.1 Å². The van der Waals surface area contributed by atoms with E-state index < -0.39 is 35.2 Å². The van der Waals surface area contributed by atoms with E-state index in [9.17, 15) is 24.4 Å². The molecule has 5 amide bonds. The minimum absolute atomic E-state index is 0.276. The first-order chi connectivity index (χ1) is 9.32. The number of rotatable bonds is 3. The molecule has 0 atom stereocenters. The highest BCUT2D eigenvalue weighted by Gasteiger charge is 2.60. The summed E-state index contributed by atoms with van der Waals surface area (Å²) in [5.41, 5.74) is -3.01. The zero-order valence-corrected chi connectivity index (χ0v) is 10.8. The molecule has 0 unspecified atom stereocenters. The SMILES string of the molecule is CO/N=C(\C)C1(N(O)C(=O)OC)C(=O)NC(=O)NC1=O. The van der Waals surface area contributed by atoms with Crippen LogP contribution in [0.25, 0.3) is 0 Å². The molecule has 20 heavy (non-hydrogen) atoms. The van der Waals surface area contributed by atoms with E-state index in [-0.39, 0.29) is 5.06 Å². The lowest BCUT2D eigenvalue weighted by Gasteiger charge is -2.37. The van der Waals surface area contributed by atoms with Crippen molar-refractivity contribution in [2.24, 2.45) is 5.16 Å². The van der Waals surface area contributed by atoms with Crippen molar-refractivity contribution in [3.63, 3.8) is 0 Å². The topological polar surface area (TPSA) is 147 Å². The van der Waals surface area contributed by atoms with Crippen molar-refractivity contribution < 1.29 is 34.0 Å². The fraction of sp³-hybridized carbons (Fsp3) is 0.444. The van der Waals surface area contributed by atoms with Gasteiger partial charge in [-0.15, -0.1) is 0 Å². The van der Waals surface area contributed by atoms with Gasteiger partial charge in [0.1, 0.15) is 12.8 Å². The van der Waals surface area contributed by atoms with Crippen LogP contribution in [0, 0.1) is 0 Å². The quantitative estimate of drug-likeness (QED) is 0.249. The second-order valence-electron chi connectivity index (χ2n) is 3.59. The molecule has 1 heterocycles. The van der Waals surface area contributed by atoms with Crippen LogP contribution >= 0.6 is 0 Å². The van der Waals surface area contributed by atoms with Crippen LogP contribution in [0.4, 0.5) is 9.59 Å². The van der Waals surface area contributed by atoms with Crippen molar-refractivity contribution >= 4 is 29.7 Å². The van der Waals surface area contributed by atoms with E-state index in [0.29, 0.717) is 0 Å². The van der Waals surface area contributed by atoms with E-state index in [1.54, 1.807) is 10.6 Å².